The minimum Gasteiger partial charge on any atom is -0.480 e. The molecule has 2 heterocycles. The zero-order valence-corrected chi connectivity index (χ0v) is 9.04. The molecule has 0 unspecified atom stereocenters. The number of hydrogen-bond acceptors (Lipinski definition) is 5. The highest BCUT2D eigenvalue weighted by Crippen LogP contribution is 2.30. The maximum atomic E-state index is 11.5. The quantitative estimate of drug-likeness (QED) is 0.611. The first-order valence-corrected chi connectivity index (χ1v) is 4.87. The molecule has 1 aliphatic rings. The number of nitrogens with zero attached hydrogens (tertiary/aromatic N) is 3. The van der Waals surface area contributed by atoms with Crippen LogP contribution < -0.4 is 15.0 Å². The van der Waals surface area contributed by atoms with E-state index in [1.54, 1.807) is 0 Å². The van der Waals surface area contributed by atoms with E-state index in [2.05, 4.69) is 10.3 Å². The van der Waals surface area contributed by atoms with E-state index >= 15 is 0 Å². The highest BCUT2D eigenvalue weighted by molar-refractivity contribution is 5.95. The average Bonchev–Trinajstić information content (AvgIpc) is 2.74. The molecule has 2 amide bonds. The number of nitrogens with one attached hydrogen (secondary N) is 1. The Bertz CT molecular complexity index is 476. The van der Waals surface area contributed by atoms with Crippen LogP contribution in [0.3, 0.4) is 0 Å². The van der Waals surface area contributed by atoms with Crippen LogP contribution in [0.15, 0.2) is 12.3 Å². The summed E-state index contributed by atoms with van der Waals surface area (Å²) in [5, 5.41) is 13.3. The molecule has 1 aromatic heterocycles. The predicted octanol–water partition coefficient (Wildman–Crippen LogP) is 0.528. The summed E-state index contributed by atoms with van der Waals surface area (Å²) in [7, 11) is 1.39. The summed E-state index contributed by atoms with van der Waals surface area (Å²) in [5.74, 6) is 0.188. The van der Waals surface area contributed by atoms with Crippen LogP contribution in [-0.2, 0) is 0 Å². The molecule has 1 saturated heterocycles. The van der Waals surface area contributed by atoms with E-state index in [4.69, 9.17) is 4.74 Å². The first-order valence-electron chi connectivity index (χ1n) is 4.87. The standard InChI is InChI=1S/C9H10N4O4/c1-17-8-7(12-3-2-10-9(12)14)4-6(5-11-8)13(15)16/h4-5H,2-3H2,1H3,(H,10,14). The molecule has 1 aliphatic heterocycles. The number of hydrogen-bond donors (Lipinski definition) is 1. The van der Waals surface area contributed by atoms with Gasteiger partial charge in [0.2, 0.25) is 5.88 Å². The molecule has 0 atom stereocenters. The number of ether oxygens (including phenoxy) is 1. The number of pyridine rings is 1. The van der Waals surface area contributed by atoms with Crippen molar-refractivity contribution < 1.29 is 14.5 Å². The van der Waals surface area contributed by atoms with Crippen LogP contribution in [-0.4, -0.2) is 36.1 Å². The third-order valence-corrected chi connectivity index (χ3v) is 2.37. The molecule has 0 radical (unpaired) electrons. The molecular formula is C9H10N4O4. The van der Waals surface area contributed by atoms with Crippen LogP contribution in [0, 0.1) is 10.1 Å². The van der Waals surface area contributed by atoms with E-state index in [1.807, 2.05) is 0 Å². The molecule has 0 aliphatic carbocycles. The maximum Gasteiger partial charge on any atom is 0.322 e. The summed E-state index contributed by atoms with van der Waals surface area (Å²) in [6.45, 7) is 0.919. The lowest BCUT2D eigenvalue weighted by atomic mass is 10.3. The summed E-state index contributed by atoms with van der Waals surface area (Å²) in [4.78, 5) is 26.7. The van der Waals surface area contributed by atoms with E-state index in [-0.39, 0.29) is 17.6 Å². The number of anilines is 1. The van der Waals surface area contributed by atoms with E-state index in [0.29, 0.717) is 18.8 Å². The fourth-order valence-corrected chi connectivity index (χ4v) is 1.58. The molecule has 2 rings (SSSR count). The van der Waals surface area contributed by atoms with Crippen molar-refractivity contribution in [2.24, 2.45) is 0 Å². The van der Waals surface area contributed by atoms with Gasteiger partial charge in [-0.3, -0.25) is 15.0 Å². The second kappa shape index (κ2) is 4.24. The largest absolute Gasteiger partial charge is 0.480 e. The summed E-state index contributed by atoms with van der Waals surface area (Å²) in [6, 6.07) is 0.960. The van der Waals surface area contributed by atoms with Crippen molar-refractivity contribution in [2.75, 3.05) is 25.1 Å². The van der Waals surface area contributed by atoms with Crippen molar-refractivity contribution in [3.05, 3.63) is 22.4 Å². The number of amides is 2. The summed E-state index contributed by atoms with van der Waals surface area (Å²) < 4.78 is 4.99. The number of carbonyl (C=O) groups is 1. The van der Waals surface area contributed by atoms with Crippen molar-refractivity contribution in [3.63, 3.8) is 0 Å². The number of rotatable bonds is 3. The molecule has 1 N–H and O–H groups in total. The smallest absolute Gasteiger partial charge is 0.322 e. The first kappa shape index (κ1) is 11.1. The van der Waals surface area contributed by atoms with Gasteiger partial charge in [0.15, 0.2) is 0 Å². The molecule has 0 spiro atoms. The van der Waals surface area contributed by atoms with Gasteiger partial charge < -0.3 is 10.1 Å². The Balaban J connectivity index is 2.45. The van der Waals surface area contributed by atoms with Crippen LogP contribution in [0.5, 0.6) is 5.88 Å². The van der Waals surface area contributed by atoms with Crippen molar-refractivity contribution >= 4 is 17.4 Å². The molecule has 1 aromatic rings. The Morgan fingerprint density at radius 1 is 1.65 bits per heavy atom. The van der Waals surface area contributed by atoms with E-state index in [1.165, 1.54) is 18.1 Å². The van der Waals surface area contributed by atoms with Gasteiger partial charge in [0.05, 0.1) is 12.0 Å². The Labute approximate surface area is 96.3 Å². The zero-order chi connectivity index (χ0) is 12.4. The second-order valence-corrected chi connectivity index (χ2v) is 3.36. The summed E-state index contributed by atoms with van der Waals surface area (Å²) in [6.07, 6.45) is 1.09. The second-order valence-electron chi connectivity index (χ2n) is 3.36. The molecule has 8 nitrogen and oxygen atoms in total. The van der Waals surface area contributed by atoms with Gasteiger partial charge >= 0.3 is 6.03 Å². The lowest BCUT2D eigenvalue weighted by Gasteiger charge is -2.16. The van der Waals surface area contributed by atoms with Crippen molar-refractivity contribution in [2.45, 2.75) is 0 Å². The van der Waals surface area contributed by atoms with Crippen LogP contribution in [0.2, 0.25) is 0 Å². The number of aromatic nitrogens is 1. The van der Waals surface area contributed by atoms with E-state index in [9.17, 15) is 14.9 Å². The SMILES string of the molecule is COc1ncc([N+](=O)[O-])cc1N1CCNC1=O. The Kier molecular flexibility index (Phi) is 2.77. The van der Waals surface area contributed by atoms with Gasteiger partial charge in [-0.1, -0.05) is 0 Å². The molecular weight excluding hydrogens is 228 g/mol. The summed E-state index contributed by atoms with van der Waals surface area (Å²) in [5.41, 5.74) is 0.122. The first-order chi connectivity index (χ1) is 8.13. The van der Waals surface area contributed by atoms with Crippen molar-refractivity contribution in [1.29, 1.82) is 0 Å². The highest BCUT2D eigenvalue weighted by atomic mass is 16.6. The molecule has 90 valence electrons. The van der Waals surface area contributed by atoms with Gasteiger partial charge in [-0.25, -0.2) is 9.78 Å². The molecule has 1 fully saturated rings. The fourth-order valence-electron chi connectivity index (χ4n) is 1.58. The third kappa shape index (κ3) is 1.96. The predicted molar refractivity (Wildman–Crippen MR) is 58.2 cm³/mol. The van der Waals surface area contributed by atoms with Gasteiger partial charge in [0.25, 0.3) is 5.69 Å². The fraction of sp³-hybridized carbons (Fsp3) is 0.333. The molecule has 0 saturated carbocycles. The van der Waals surface area contributed by atoms with Crippen LogP contribution in [0.4, 0.5) is 16.2 Å². The van der Waals surface area contributed by atoms with Gasteiger partial charge in [0.1, 0.15) is 11.9 Å². The normalized spacial score (nSPS) is 14.6. The van der Waals surface area contributed by atoms with E-state index < -0.39 is 4.92 Å². The van der Waals surface area contributed by atoms with Crippen LogP contribution in [0.1, 0.15) is 0 Å². The molecule has 0 aromatic carbocycles. The number of methoxy groups -OCH3 is 1. The number of carbonyl (C=O) groups excluding carboxylic acids is 1. The average molecular weight is 238 g/mol. The summed E-state index contributed by atoms with van der Waals surface area (Å²) >= 11 is 0. The monoisotopic (exact) mass is 238 g/mol. The van der Waals surface area contributed by atoms with Crippen LogP contribution >= 0.6 is 0 Å². The third-order valence-electron chi connectivity index (χ3n) is 2.37. The van der Waals surface area contributed by atoms with Crippen molar-refractivity contribution in [3.8, 4) is 5.88 Å². The zero-order valence-electron chi connectivity index (χ0n) is 9.04. The minimum absolute atomic E-state index is 0.180. The van der Waals surface area contributed by atoms with Crippen molar-refractivity contribution in [1.82, 2.24) is 10.3 Å². The lowest BCUT2D eigenvalue weighted by molar-refractivity contribution is -0.385. The maximum absolute atomic E-state index is 11.5. The minimum atomic E-state index is -0.566. The highest BCUT2D eigenvalue weighted by Gasteiger charge is 2.26. The van der Waals surface area contributed by atoms with Gasteiger partial charge in [-0.2, -0.15) is 0 Å². The van der Waals surface area contributed by atoms with Crippen LogP contribution in [0.25, 0.3) is 0 Å². The molecule has 8 heteroatoms. The van der Waals surface area contributed by atoms with Gasteiger partial charge in [0, 0.05) is 19.2 Å². The number of urea groups is 1. The van der Waals surface area contributed by atoms with E-state index in [0.717, 1.165) is 6.20 Å². The molecule has 0 bridgehead atoms. The van der Waals surface area contributed by atoms with Gasteiger partial charge in [-0.15, -0.1) is 0 Å². The Morgan fingerprint density at radius 2 is 2.41 bits per heavy atom. The number of nitro groups is 1. The Morgan fingerprint density at radius 3 is 2.94 bits per heavy atom. The lowest BCUT2D eigenvalue weighted by Crippen LogP contribution is -2.28. The topological polar surface area (TPSA) is 97.6 Å². The molecule has 17 heavy (non-hydrogen) atoms. The van der Waals surface area contributed by atoms with Gasteiger partial charge in [-0.05, 0) is 0 Å². The Hall–Kier alpha value is -2.38.